The first-order chi connectivity index (χ1) is 9.04. The minimum absolute atomic E-state index is 0.0934. The zero-order valence-electron chi connectivity index (χ0n) is 10.6. The van der Waals surface area contributed by atoms with Crippen LogP contribution in [0.2, 0.25) is 0 Å². The Kier molecular flexibility index (Phi) is 3.82. The number of hydrogen-bond acceptors (Lipinski definition) is 7. The molecule has 8 nitrogen and oxygen atoms in total. The van der Waals surface area contributed by atoms with Crippen LogP contribution in [0, 0.1) is 10.1 Å². The molecule has 0 spiro atoms. The van der Waals surface area contributed by atoms with Gasteiger partial charge >= 0.3 is 0 Å². The molecule has 0 radical (unpaired) electrons. The van der Waals surface area contributed by atoms with E-state index >= 15 is 0 Å². The van der Waals surface area contributed by atoms with E-state index in [0.717, 1.165) is 6.42 Å². The molecule has 8 heteroatoms. The fourth-order valence-corrected chi connectivity index (χ4v) is 1.95. The van der Waals surface area contributed by atoms with Crippen LogP contribution in [0.1, 0.15) is 6.42 Å². The van der Waals surface area contributed by atoms with Crippen LogP contribution in [-0.2, 0) is 9.47 Å². The molecule has 1 aliphatic rings. The van der Waals surface area contributed by atoms with E-state index in [0.29, 0.717) is 25.6 Å². The van der Waals surface area contributed by atoms with Gasteiger partial charge in [0.25, 0.3) is 5.69 Å². The van der Waals surface area contributed by atoms with Crippen LogP contribution < -0.4 is 11.1 Å². The maximum absolute atomic E-state index is 10.7. The molecule has 0 aliphatic carbocycles. The molecule has 1 aliphatic heterocycles. The summed E-state index contributed by atoms with van der Waals surface area (Å²) >= 11 is 0. The lowest BCUT2D eigenvalue weighted by molar-refractivity contribution is -0.384. The minimum atomic E-state index is -0.506. The van der Waals surface area contributed by atoms with Crippen LogP contribution in [0.4, 0.5) is 17.3 Å². The number of aromatic nitrogens is 1. The van der Waals surface area contributed by atoms with E-state index in [1.165, 1.54) is 12.1 Å². The van der Waals surface area contributed by atoms with Crippen molar-refractivity contribution < 1.29 is 14.4 Å². The standard InChI is InChI=1S/C11H16N4O4/c1-18-11(2-3-19-7-11)6-13-10-5-8(15(16)17)4-9(12)14-10/h4-5H,2-3,6-7H2,1H3,(H3,12,13,14). The molecule has 1 saturated heterocycles. The molecule has 3 N–H and O–H groups in total. The molecule has 19 heavy (non-hydrogen) atoms. The number of nitro groups is 1. The van der Waals surface area contributed by atoms with E-state index in [2.05, 4.69) is 10.3 Å². The van der Waals surface area contributed by atoms with Crippen molar-refractivity contribution in [3.05, 3.63) is 22.2 Å². The summed E-state index contributed by atoms with van der Waals surface area (Å²) in [5.41, 5.74) is 5.03. The number of ether oxygens (including phenoxy) is 2. The molecular formula is C11H16N4O4. The van der Waals surface area contributed by atoms with Gasteiger partial charge in [-0.3, -0.25) is 10.1 Å². The third kappa shape index (κ3) is 3.09. The number of rotatable bonds is 5. The Bertz CT molecular complexity index is 474. The van der Waals surface area contributed by atoms with Crippen molar-refractivity contribution >= 4 is 17.3 Å². The Balaban J connectivity index is 2.08. The smallest absolute Gasteiger partial charge is 0.276 e. The molecule has 2 rings (SSSR count). The first-order valence-electron chi connectivity index (χ1n) is 5.83. The maximum Gasteiger partial charge on any atom is 0.276 e. The van der Waals surface area contributed by atoms with Crippen LogP contribution in [0.15, 0.2) is 12.1 Å². The fraction of sp³-hybridized carbons (Fsp3) is 0.545. The van der Waals surface area contributed by atoms with E-state index < -0.39 is 10.5 Å². The second-order valence-corrected chi connectivity index (χ2v) is 4.44. The quantitative estimate of drug-likeness (QED) is 0.599. The third-order valence-electron chi connectivity index (χ3n) is 3.13. The largest absolute Gasteiger partial charge is 0.383 e. The first-order valence-corrected chi connectivity index (χ1v) is 5.83. The van der Waals surface area contributed by atoms with Crippen LogP contribution in [-0.4, -0.2) is 42.4 Å². The van der Waals surface area contributed by atoms with Gasteiger partial charge in [-0.1, -0.05) is 0 Å². The molecule has 1 fully saturated rings. The normalized spacial score (nSPS) is 22.4. The highest BCUT2D eigenvalue weighted by molar-refractivity contribution is 5.52. The topological polar surface area (TPSA) is 113 Å². The Hall–Kier alpha value is -1.93. The van der Waals surface area contributed by atoms with Gasteiger partial charge in [-0.2, -0.15) is 0 Å². The number of nitrogens with two attached hydrogens (primary N) is 1. The van der Waals surface area contributed by atoms with Gasteiger partial charge in [0, 0.05) is 26.7 Å². The van der Waals surface area contributed by atoms with Crippen LogP contribution >= 0.6 is 0 Å². The van der Waals surface area contributed by atoms with Crippen LogP contribution in [0.25, 0.3) is 0 Å². The molecule has 1 aromatic heterocycles. The summed E-state index contributed by atoms with van der Waals surface area (Å²) in [4.78, 5) is 14.2. The van der Waals surface area contributed by atoms with Gasteiger partial charge in [-0.15, -0.1) is 0 Å². The minimum Gasteiger partial charge on any atom is -0.383 e. The predicted octanol–water partition coefficient (Wildman–Crippen LogP) is 0.789. The summed E-state index contributed by atoms with van der Waals surface area (Å²) in [6, 6.07) is 2.56. The van der Waals surface area contributed by atoms with E-state index in [1.807, 2.05) is 0 Å². The van der Waals surface area contributed by atoms with Crippen molar-refractivity contribution in [2.24, 2.45) is 0 Å². The van der Waals surface area contributed by atoms with Crippen molar-refractivity contribution in [3.8, 4) is 0 Å². The highest BCUT2D eigenvalue weighted by atomic mass is 16.6. The Morgan fingerprint density at radius 3 is 3.05 bits per heavy atom. The fourth-order valence-electron chi connectivity index (χ4n) is 1.95. The highest BCUT2D eigenvalue weighted by Gasteiger charge is 2.34. The van der Waals surface area contributed by atoms with Gasteiger partial charge in [0.2, 0.25) is 0 Å². The molecule has 0 saturated carbocycles. The van der Waals surface area contributed by atoms with E-state index in [4.69, 9.17) is 15.2 Å². The predicted molar refractivity (Wildman–Crippen MR) is 69.0 cm³/mol. The zero-order chi connectivity index (χ0) is 13.9. The molecule has 1 atom stereocenters. The number of pyridine rings is 1. The maximum atomic E-state index is 10.7. The first kappa shape index (κ1) is 13.5. The Labute approximate surface area is 110 Å². The lowest BCUT2D eigenvalue weighted by Crippen LogP contribution is -2.39. The highest BCUT2D eigenvalue weighted by Crippen LogP contribution is 2.24. The number of hydrogen-bond donors (Lipinski definition) is 2. The summed E-state index contributed by atoms with van der Waals surface area (Å²) in [6.45, 7) is 1.58. The van der Waals surface area contributed by atoms with Gasteiger partial charge in [0.1, 0.15) is 17.2 Å². The summed E-state index contributed by atoms with van der Waals surface area (Å²) in [7, 11) is 1.62. The number of nitrogens with zero attached hydrogens (tertiary/aromatic N) is 2. The van der Waals surface area contributed by atoms with Gasteiger partial charge in [0.15, 0.2) is 0 Å². The van der Waals surface area contributed by atoms with Crippen molar-refractivity contribution in [3.63, 3.8) is 0 Å². The molecule has 104 valence electrons. The van der Waals surface area contributed by atoms with Crippen molar-refractivity contribution in [2.75, 3.05) is 37.9 Å². The lowest BCUT2D eigenvalue weighted by Gasteiger charge is -2.26. The summed E-state index contributed by atoms with van der Waals surface area (Å²) < 4.78 is 10.8. The van der Waals surface area contributed by atoms with Crippen molar-refractivity contribution in [1.29, 1.82) is 0 Å². The average molecular weight is 268 g/mol. The summed E-state index contributed by atoms with van der Waals surface area (Å²) in [5.74, 6) is 0.459. The zero-order valence-corrected chi connectivity index (χ0v) is 10.6. The summed E-state index contributed by atoms with van der Waals surface area (Å²) in [6.07, 6.45) is 0.765. The van der Waals surface area contributed by atoms with Gasteiger partial charge in [-0.05, 0) is 0 Å². The SMILES string of the molecule is COC1(CNc2cc([N+](=O)[O-])cc(N)n2)CCOC1. The summed E-state index contributed by atoms with van der Waals surface area (Å²) in [5, 5.41) is 13.7. The number of nitrogen functional groups attached to an aromatic ring is 1. The van der Waals surface area contributed by atoms with Gasteiger partial charge in [0.05, 0.1) is 23.7 Å². The van der Waals surface area contributed by atoms with E-state index in [-0.39, 0.29) is 11.5 Å². The molecule has 1 aromatic rings. The second kappa shape index (κ2) is 5.37. The van der Waals surface area contributed by atoms with Gasteiger partial charge in [-0.25, -0.2) is 4.98 Å². The monoisotopic (exact) mass is 268 g/mol. The molecule has 1 unspecified atom stereocenters. The van der Waals surface area contributed by atoms with E-state index in [1.54, 1.807) is 7.11 Å². The van der Waals surface area contributed by atoms with Gasteiger partial charge < -0.3 is 20.5 Å². The van der Waals surface area contributed by atoms with Crippen LogP contribution in [0.3, 0.4) is 0 Å². The van der Waals surface area contributed by atoms with Crippen molar-refractivity contribution in [1.82, 2.24) is 4.98 Å². The lowest BCUT2D eigenvalue weighted by atomic mass is 10.0. The molecule has 2 heterocycles. The number of nitrogens with one attached hydrogen (secondary N) is 1. The van der Waals surface area contributed by atoms with E-state index in [9.17, 15) is 10.1 Å². The molecule has 0 bridgehead atoms. The Morgan fingerprint density at radius 2 is 2.47 bits per heavy atom. The molecular weight excluding hydrogens is 252 g/mol. The molecule has 0 aromatic carbocycles. The Morgan fingerprint density at radius 1 is 1.68 bits per heavy atom. The number of anilines is 2. The van der Waals surface area contributed by atoms with Crippen LogP contribution in [0.5, 0.6) is 0 Å². The second-order valence-electron chi connectivity index (χ2n) is 4.44. The third-order valence-corrected chi connectivity index (χ3v) is 3.13. The average Bonchev–Trinajstić information content (AvgIpc) is 2.85. The number of methoxy groups -OCH3 is 1. The molecule has 0 amide bonds. The van der Waals surface area contributed by atoms with Crippen molar-refractivity contribution in [2.45, 2.75) is 12.0 Å².